The fourth-order valence-corrected chi connectivity index (χ4v) is 3.73. The van der Waals surface area contributed by atoms with Gasteiger partial charge in [-0.2, -0.15) is 0 Å². The Bertz CT molecular complexity index is 745. The smallest absolute Gasteiger partial charge is 0.263 e. The SMILES string of the molecule is Cc1cc(Cl)nc(Cl)c1NS(=O)(=O)c1cncc(Br)c1. The zero-order valence-electron chi connectivity index (χ0n) is 10.1. The van der Waals surface area contributed by atoms with Gasteiger partial charge in [-0.05, 0) is 40.5 Å². The van der Waals surface area contributed by atoms with E-state index in [0.717, 1.165) is 0 Å². The molecule has 0 aliphatic rings. The van der Waals surface area contributed by atoms with Crippen molar-refractivity contribution in [1.29, 1.82) is 0 Å². The molecule has 0 spiro atoms. The monoisotopic (exact) mass is 395 g/mol. The molecule has 0 aliphatic carbocycles. The maximum atomic E-state index is 12.3. The van der Waals surface area contributed by atoms with Crippen molar-refractivity contribution < 1.29 is 8.42 Å². The van der Waals surface area contributed by atoms with Gasteiger partial charge in [0, 0.05) is 16.9 Å². The zero-order chi connectivity index (χ0) is 14.9. The molecule has 2 aromatic heterocycles. The van der Waals surface area contributed by atoms with Crippen LogP contribution in [0.3, 0.4) is 0 Å². The lowest BCUT2D eigenvalue weighted by Crippen LogP contribution is -2.14. The van der Waals surface area contributed by atoms with Crippen molar-refractivity contribution in [3.05, 3.63) is 44.9 Å². The molecule has 0 saturated heterocycles. The minimum absolute atomic E-state index is 0.0114. The largest absolute Gasteiger partial charge is 0.276 e. The lowest BCUT2D eigenvalue weighted by Gasteiger charge is -2.12. The Kier molecular flexibility index (Phi) is 4.53. The first-order chi connectivity index (χ1) is 9.29. The van der Waals surface area contributed by atoms with Crippen LogP contribution in [0.2, 0.25) is 10.3 Å². The number of aromatic nitrogens is 2. The molecule has 0 amide bonds. The number of halogens is 3. The van der Waals surface area contributed by atoms with Crippen LogP contribution in [0.1, 0.15) is 5.56 Å². The van der Waals surface area contributed by atoms with Crippen LogP contribution in [-0.2, 0) is 10.0 Å². The average molecular weight is 397 g/mol. The van der Waals surface area contributed by atoms with Gasteiger partial charge in [0.2, 0.25) is 0 Å². The van der Waals surface area contributed by atoms with Crippen LogP contribution in [-0.4, -0.2) is 18.4 Å². The van der Waals surface area contributed by atoms with E-state index in [2.05, 4.69) is 30.6 Å². The number of nitrogens with zero attached hydrogens (tertiary/aromatic N) is 2. The fraction of sp³-hybridized carbons (Fsp3) is 0.0909. The van der Waals surface area contributed by atoms with Crippen molar-refractivity contribution in [1.82, 2.24) is 9.97 Å². The highest BCUT2D eigenvalue weighted by Crippen LogP contribution is 2.28. The van der Waals surface area contributed by atoms with E-state index >= 15 is 0 Å². The van der Waals surface area contributed by atoms with Gasteiger partial charge in [0.1, 0.15) is 10.0 Å². The van der Waals surface area contributed by atoms with Gasteiger partial charge in [-0.1, -0.05) is 23.2 Å². The topological polar surface area (TPSA) is 72.0 Å². The molecule has 0 aromatic carbocycles. The summed E-state index contributed by atoms with van der Waals surface area (Å²) in [5, 5.41) is 0.182. The highest BCUT2D eigenvalue weighted by Gasteiger charge is 2.19. The molecule has 5 nitrogen and oxygen atoms in total. The molecular weight excluding hydrogens is 389 g/mol. The van der Waals surface area contributed by atoms with E-state index in [1.165, 1.54) is 24.5 Å². The number of rotatable bonds is 3. The second kappa shape index (κ2) is 5.85. The number of pyridine rings is 2. The second-order valence-corrected chi connectivity index (χ2v) is 7.22. The van der Waals surface area contributed by atoms with Crippen molar-refractivity contribution >= 4 is 54.8 Å². The van der Waals surface area contributed by atoms with Gasteiger partial charge in [-0.25, -0.2) is 13.4 Å². The van der Waals surface area contributed by atoms with Crippen molar-refractivity contribution in [3.63, 3.8) is 0 Å². The quantitative estimate of drug-likeness (QED) is 0.803. The number of hydrogen-bond donors (Lipinski definition) is 1. The molecule has 0 fully saturated rings. The standard InChI is InChI=1S/C11H8BrCl2N3O2S/c1-6-2-9(13)16-11(14)10(6)17-20(18,19)8-3-7(12)4-15-5-8/h2-5,17H,1H3. The molecule has 2 rings (SSSR count). The highest BCUT2D eigenvalue weighted by molar-refractivity contribution is 9.10. The van der Waals surface area contributed by atoms with E-state index in [1.54, 1.807) is 6.92 Å². The van der Waals surface area contributed by atoms with Gasteiger partial charge in [-0.3, -0.25) is 9.71 Å². The molecule has 2 heterocycles. The Morgan fingerprint density at radius 1 is 1.25 bits per heavy atom. The van der Waals surface area contributed by atoms with E-state index in [9.17, 15) is 8.42 Å². The maximum absolute atomic E-state index is 12.3. The van der Waals surface area contributed by atoms with Crippen LogP contribution in [0.25, 0.3) is 0 Å². The van der Waals surface area contributed by atoms with E-state index in [1.807, 2.05) is 0 Å². The molecule has 9 heteroatoms. The fourth-order valence-electron chi connectivity index (χ4n) is 1.45. The first-order valence-corrected chi connectivity index (χ1v) is 8.29. The van der Waals surface area contributed by atoms with Crippen molar-refractivity contribution in [2.45, 2.75) is 11.8 Å². The van der Waals surface area contributed by atoms with Crippen molar-refractivity contribution in [2.75, 3.05) is 4.72 Å². The molecule has 1 N–H and O–H groups in total. The molecule has 0 radical (unpaired) electrons. The third kappa shape index (κ3) is 3.41. The summed E-state index contributed by atoms with van der Waals surface area (Å²) in [6.07, 6.45) is 2.72. The highest BCUT2D eigenvalue weighted by atomic mass is 79.9. The number of anilines is 1. The lowest BCUT2D eigenvalue weighted by molar-refractivity contribution is 0.600. The summed E-state index contributed by atoms with van der Waals surface area (Å²) in [4.78, 5) is 7.64. The summed E-state index contributed by atoms with van der Waals surface area (Å²) in [7, 11) is -3.80. The van der Waals surface area contributed by atoms with E-state index in [-0.39, 0.29) is 20.9 Å². The minimum Gasteiger partial charge on any atom is -0.276 e. The molecule has 20 heavy (non-hydrogen) atoms. The number of sulfonamides is 1. The minimum atomic E-state index is -3.80. The van der Waals surface area contributed by atoms with Crippen LogP contribution >= 0.6 is 39.1 Å². The molecule has 0 bridgehead atoms. The van der Waals surface area contributed by atoms with Gasteiger partial charge in [0.15, 0.2) is 5.15 Å². The van der Waals surface area contributed by atoms with Crippen LogP contribution in [0.4, 0.5) is 5.69 Å². The van der Waals surface area contributed by atoms with E-state index in [4.69, 9.17) is 23.2 Å². The van der Waals surface area contributed by atoms with Crippen LogP contribution in [0.15, 0.2) is 33.9 Å². The van der Waals surface area contributed by atoms with Gasteiger partial charge < -0.3 is 0 Å². The van der Waals surface area contributed by atoms with Gasteiger partial charge in [0.25, 0.3) is 10.0 Å². The van der Waals surface area contributed by atoms with E-state index < -0.39 is 10.0 Å². The Labute approximate surface area is 134 Å². The zero-order valence-corrected chi connectivity index (χ0v) is 14.0. The summed E-state index contributed by atoms with van der Waals surface area (Å²) < 4.78 is 27.4. The molecular formula is C11H8BrCl2N3O2S. The Morgan fingerprint density at radius 2 is 1.95 bits per heavy atom. The van der Waals surface area contributed by atoms with Crippen molar-refractivity contribution in [3.8, 4) is 0 Å². The first-order valence-electron chi connectivity index (χ1n) is 5.25. The molecule has 0 atom stereocenters. The van der Waals surface area contributed by atoms with Crippen LogP contribution < -0.4 is 4.72 Å². The lowest BCUT2D eigenvalue weighted by atomic mass is 10.3. The van der Waals surface area contributed by atoms with Gasteiger partial charge in [0.05, 0.1) is 5.69 Å². The normalized spacial score (nSPS) is 11.4. The summed E-state index contributed by atoms with van der Waals surface area (Å²) in [5.41, 5.74) is 0.762. The average Bonchev–Trinajstić information content (AvgIpc) is 2.34. The third-order valence-electron chi connectivity index (χ3n) is 2.37. The molecule has 0 unspecified atom stereocenters. The summed E-state index contributed by atoms with van der Waals surface area (Å²) in [6, 6.07) is 2.95. The van der Waals surface area contributed by atoms with Gasteiger partial charge in [-0.15, -0.1) is 0 Å². The number of hydrogen-bond acceptors (Lipinski definition) is 4. The molecule has 106 valence electrons. The summed E-state index contributed by atoms with van der Waals surface area (Å²) >= 11 is 14.8. The maximum Gasteiger partial charge on any atom is 0.263 e. The third-order valence-corrected chi connectivity index (χ3v) is 4.59. The Hall–Kier alpha value is -0.890. The number of nitrogens with one attached hydrogen (secondary N) is 1. The summed E-state index contributed by atoms with van der Waals surface area (Å²) in [6.45, 7) is 1.68. The molecule has 0 saturated carbocycles. The predicted octanol–water partition coefficient (Wildman–Crippen LogP) is 3.66. The van der Waals surface area contributed by atoms with Crippen LogP contribution in [0, 0.1) is 6.92 Å². The number of aryl methyl sites for hydroxylation is 1. The van der Waals surface area contributed by atoms with Gasteiger partial charge >= 0.3 is 0 Å². The van der Waals surface area contributed by atoms with Crippen molar-refractivity contribution in [2.24, 2.45) is 0 Å². The van der Waals surface area contributed by atoms with E-state index in [0.29, 0.717) is 10.0 Å². The van der Waals surface area contributed by atoms with Crippen LogP contribution in [0.5, 0.6) is 0 Å². The summed E-state index contributed by atoms with van der Waals surface area (Å²) in [5.74, 6) is 0. The predicted molar refractivity (Wildman–Crippen MR) is 81.7 cm³/mol. The molecule has 2 aromatic rings. The Morgan fingerprint density at radius 3 is 2.55 bits per heavy atom. The first kappa shape index (κ1) is 15.5. The second-order valence-electron chi connectivity index (χ2n) is 3.87. The molecule has 0 aliphatic heterocycles. The Balaban J connectivity index is 2.44.